The zero-order valence-electron chi connectivity index (χ0n) is 7.76. The third-order valence-corrected chi connectivity index (χ3v) is 2.81. The van der Waals surface area contributed by atoms with Gasteiger partial charge in [-0.15, -0.1) is 0 Å². The number of nitrogens with two attached hydrogens (primary N) is 1. The molecule has 1 aromatic carbocycles. The van der Waals surface area contributed by atoms with Crippen LogP contribution in [0.3, 0.4) is 0 Å². The summed E-state index contributed by atoms with van der Waals surface area (Å²) in [6, 6.07) is 9.24. The van der Waals surface area contributed by atoms with Gasteiger partial charge in [-0.2, -0.15) is 0 Å². The second kappa shape index (κ2) is 3.42. The van der Waals surface area contributed by atoms with Gasteiger partial charge in [0.05, 0.1) is 0 Å². The van der Waals surface area contributed by atoms with Gasteiger partial charge in [0.1, 0.15) is 6.04 Å². The predicted octanol–water partition coefficient (Wildman–Crippen LogP) is 1.20. The Morgan fingerprint density at radius 2 is 2.07 bits per heavy atom. The van der Waals surface area contributed by atoms with Gasteiger partial charge in [0.15, 0.2) is 0 Å². The van der Waals surface area contributed by atoms with Crippen molar-refractivity contribution in [1.29, 1.82) is 0 Å². The maximum atomic E-state index is 10.6. The van der Waals surface area contributed by atoms with Crippen molar-refractivity contribution in [2.24, 2.45) is 11.7 Å². The fourth-order valence-corrected chi connectivity index (χ4v) is 1.88. The van der Waals surface area contributed by atoms with Crippen molar-refractivity contribution in [3.8, 4) is 0 Å². The summed E-state index contributed by atoms with van der Waals surface area (Å²) in [6.45, 7) is 0. The molecule has 3 N–H and O–H groups in total. The van der Waals surface area contributed by atoms with Crippen LogP contribution in [0.5, 0.6) is 0 Å². The summed E-state index contributed by atoms with van der Waals surface area (Å²) in [5.41, 5.74) is 6.75. The lowest BCUT2D eigenvalue weighted by Gasteiger charge is -2.04. The van der Waals surface area contributed by atoms with Gasteiger partial charge in [0, 0.05) is 0 Å². The standard InChI is InChI=1S/C11H13NO2/c12-10(11(13)14)9-6-8(9)7-4-2-1-3-5-7/h1-5,8-10H,6,12H2,(H,13,14)/t8-,9-,10+/m1/s1. The van der Waals surface area contributed by atoms with E-state index in [1.165, 1.54) is 5.56 Å². The molecule has 0 saturated heterocycles. The van der Waals surface area contributed by atoms with Gasteiger partial charge < -0.3 is 10.8 Å². The van der Waals surface area contributed by atoms with Gasteiger partial charge in [-0.05, 0) is 23.8 Å². The Hall–Kier alpha value is -1.35. The first kappa shape index (κ1) is 9.21. The second-order valence-electron chi connectivity index (χ2n) is 3.78. The lowest BCUT2D eigenvalue weighted by atomic mass is 10.1. The molecule has 1 saturated carbocycles. The van der Waals surface area contributed by atoms with Crippen LogP contribution in [0.2, 0.25) is 0 Å². The van der Waals surface area contributed by atoms with E-state index in [4.69, 9.17) is 10.8 Å². The molecule has 0 aliphatic heterocycles. The Kier molecular flexibility index (Phi) is 2.25. The molecule has 0 spiro atoms. The summed E-state index contributed by atoms with van der Waals surface area (Å²) in [6.07, 6.45) is 0.900. The third-order valence-electron chi connectivity index (χ3n) is 2.81. The lowest BCUT2D eigenvalue weighted by molar-refractivity contribution is -0.139. The zero-order valence-corrected chi connectivity index (χ0v) is 7.76. The van der Waals surface area contributed by atoms with E-state index in [2.05, 4.69) is 0 Å². The number of hydrogen-bond acceptors (Lipinski definition) is 2. The molecule has 0 bridgehead atoms. The summed E-state index contributed by atoms with van der Waals surface area (Å²) in [4.78, 5) is 10.6. The predicted molar refractivity (Wildman–Crippen MR) is 52.9 cm³/mol. The zero-order chi connectivity index (χ0) is 10.1. The Morgan fingerprint density at radius 1 is 1.43 bits per heavy atom. The molecule has 3 nitrogen and oxygen atoms in total. The van der Waals surface area contributed by atoms with Gasteiger partial charge in [0.25, 0.3) is 0 Å². The van der Waals surface area contributed by atoms with Gasteiger partial charge in [0.2, 0.25) is 0 Å². The molecular formula is C11H13NO2. The van der Waals surface area contributed by atoms with Crippen LogP contribution in [-0.4, -0.2) is 17.1 Å². The molecule has 3 atom stereocenters. The average molecular weight is 191 g/mol. The van der Waals surface area contributed by atoms with Crippen LogP contribution in [0.25, 0.3) is 0 Å². The van der Waals surface area contributed by atoms with E-state index in [0.29, 0.717) is 5.92 Å². The van der Waals surface area contributed by atoms with E-state index in [1.807, 2.05) is 30.3 Å². The van der Waals surface area contributed by atoms with Crippen molar-refractivity contribution in [2.45, 2.75) is 18.4 Å². The number of benzene rings is 1. The lowest BCUT2D eigenvalue weighted by Crippen LogP contribution is -2.32. The smallest absolute Gasteiger partial charge is 0.320 e. The third kappa shape index (κ3) is 1.63. The van der Waals surface area contributed by atoms with Crippen LogP contribution in [0.4, 0.5) is 0 Å². The molecule has 0 heterocycles. The van der Waals surface area contributed by atoms with Crippen molar-refractivity contribution >= 4 is 5.97 Å². The second-order valence-corrected chi connectivity index (χ2v) is 3.78. The first-order valence-electron chi connectivity index (χ1n) is 4.73. The molecule has 0 amide bonds. The SMILES string of the molecule is N[C@H](C(=O)O)[C@@H]1C[C@@H]1c1ccccc1. The molecule has 14 heavy (non-hydrogen) atoms. The van der Waals surface area contributed by atoms with E-state index >= 15 is 0 Å². The van der Waals surface area contributed by atoms with Crippen molar-refractivity contribution in [3.05, 3.63) is 35.9 Å². The van der Waals surface area contributed by atoms with E-state index in [0.717, 1.165) is 6.42 Å². The molecule has 2 rings (SSSR count). The van der Waals surface area contributed by atoms with Crippen LogP contribution in [0.15, 0.2) is 30.3 Å². The maximum Gasteiger partial charge on any atom is 0.320 e. The monoisotopic (exact) mass is 191 g/mol. The van der Waals surface area contributed by atoms with E-state index in [9.17, 15) is 4.79 Å². The molecule has 1 aromatic rings. The quantitative estimate of drug-likeness (QED) is 0.754. The van der Waals surface area contributed by atoms with Crippen molar-refractivity contribution in [1.82, 2.24) is 0 Å². The van der Waals surface area contributed by atoms with E-state index in [-0.39, 0.29) is 5.92 Å². The number of rotatable bonds is 3. The van der Waals surface area contributed by atoms with Crippen molar-refractivity contribution in [2.75, 3.05) is 0 Å². The Bertz CT molecular complexity index is 336. The minimum absolute atomic E-state index is 0.120. The highest BCUT2D eigenvalue weighted by molar-refractivity contribution is 5.74. The number of carboxylic acids is 1. The van der Waals surface area contributed by atoms with Crippen LogP contribution in [0.1, 0.15) is 17.9 Å². The molecule has 1 aliphatic carbocycles. The summed E-state index contributed by atoms with van der Waals surface area (Å²) in [5.74, 6) is -0.425. The minimum Gasteiger partial charge on any atom is -0.480 e. The number of hydrogen-bond donors (Lipinski definition) is 2. The van der Waals surface area contributed by atoms with Crippen molar-refractivity contribution in [3.63, 3.8) is 0 Å². The molecule has 0 radical (unpaired) electrons. The molecule has 3 heteroatoms. The fourth-order valence-electron chi connectivity index (χ4n) is 1.88. The molecule has 1 aliphatic rings. The normalized spacial score (nSPS) is 26.9. The molecule has 0 aromatic heterocycles. The van der Waals surface area contributed by atoms with Crippen molar-refractivity contribution < 1.29 is 9.90 Å². The van der Waals surface area contributed by atoms with Gasteiger partial charge in [-0.1, -0.05) is 30.3 Å². The summed E-state index contributed by atoms with van der Waals surface area (Å²) in [5, 5.41) is 8.73. The highest BCUT2D eigenvalue weighted by atomic mass is 16.4. The van der Waals surface area contributed by atoms with E-state index in [1.54, 1.807) is 0 Å². The molecule has 1 fully saturated rings. The summed E-state index contributed by atoms with van der Waals surface area (Å²) in [7, 11) is 0. The van der Waals surface area contributed by atoms with Crippen LogP contribution in [-0.2, 0) is 4.79 Å². The molecule has 0 unspecified atom stereocenters. The molecule has 74 valence electrons. The number of aliphatic carboxylic acids is 1. The Balaban J connectivity index is 2.03. The van der Waals surface area contributed by atoms with Gasteiger partial charge in [-0.3, -0.25) is 4.79 Å². The van der Waals surface area contributed by atoms with Crippen LogP contribution < -0.4 is 5.73 Å². The summed E-state index contributed by atoms with van der Waals surface area (Å²) >= 11 is 0. The van der Waals surface area contributed by atoms with Gasteiger partial charge in [-0.25, -0.2) is 0 Å². The first-order valence-corrected chi connectivity index (χ1v) is 4.73. The first-order chi connectivity index (χ1) is 6.70. The largest absolute Gasteiger partial charge is 0.480 e. The van der Waals surface area contributed by atoms with E-state index < -0.39 is 12.0 Å². The Morgan fingerprint density at radius 3 is 2.64 bits per heavy atom. The van der Waals surface area contributed by atoms with Crippen LogP contribution in [0, 0.1) is 5.92 Å². The van der Waals surface area contributed by atoms with Gasteiger partial charge >= 0.3 is 5.97 Å². The minimum atomic E-state index is -0.895. The number of carbonyl (C=O) groups is 1. The number of carboxylic acid groups (broad SMARTS) is 1. The topological polar surface area (TPSA) is 63.3 Å². The summed E-state index contributed by atoms with van der Waals surface area (Å²) < 4.78 is 0. The highest BCUT2D eigenvalue weighted by Crippen LogP contribution is 2.48. The fraction of sp³-hybridized carbons (Fsp3) is 0.364. The Labute approximate surface area is 82.5 Å². The highest BCUT2D eigenvalue weighted by Gasteiger charge is 2.45. The average Bonchev–Trinajstić information content (AvgIpc) is 2.97. The van der Waals surface area contributed by atoms with Crippen LogP contribution >= 0.6 is 0 Å². The molecular weight excluding hydrogens is 178 g/mol. The maximum absolute atomic E-state index is 10.6.